The molecule has 0 saturated heterocycles. The number of benzene rings is 1. The van der Waals surface area contributed by atoms with Crippen molar-refractivity contribution < 1.29 is 19.1 Å². The molecular formula is C15H12Cl2O4. The van der Waals surface area contributed by atoms with Crippen LogP contribution in [0.15, 0.2) is 12.2 Å². The van der Waals surface area contributed by atoms with Crippen molar-refractivity contribution in [3.05, 3.63) is 33.3 Å². The van der Waals surface area contributed by atoms with Crippen LogP contribution in [0.2, 0.25) is 10.0 Å². The van der Waals surface area contributed by atoms with E-state index in [-0.39, 0.29) is 33.4 Å². The zero-order chi connectivity index (χ0) is 15.3. The predicted octanol–water partition coefficient (Wildman–Crippen LogP) is 3.98. The van der Waals surface area contributed by atoms with Gasteiger partial charge in [-0.25, -0.2) is 0 Å². The zero-order valence-corrected chi connectivity index (χ0v) is 12.9. The zero-order valence-electron chi connectivity index (χ0n) is 11.4. The number of halogens is 2. The maximum atomic E-state index is 11.3. The highest BCUT2D eigenvalue weighted by Gasteiger charge is 2.41. The summed E-state index contributed by atoms with van der Waals surface area (Å²) in [6, 6.07) is 0. The number of ether oxygens (including phenoxy) is 2. The third-order valence-electron chi connectivity index (χ3n) is 3.69. The van der Waals surface area contributed by atoms with Gasteiger partial charge in [0.25, 0.3) is 0 Å². The summed E-state index contributed by atoms with van der Waals surface area (Å²) >= 11 is 12.4. The average Bonchev–Trinajstić information content (AvgIpc) is 2.99. The van der Waals surface area contributed by atoms with E-state index in [2.05, 4.69) is 0 Å². The van der Waals surface area contributed by atoms with E-state index in [9.17, 15) is 9.59 Å². The molecule has 0 aromatic heterocycles. The number of rotatable bonds is 2. The fraction of sp³-hybridized carbons (Fsp3) is 0.333. The molecular weight excluding hydrogens is 315 g/mol. The quantitative estimate of drug-likeness (QED) is 0.468. The maximum absolute atomic E-state index is 11.3. The monoisotopic (exact) mass is 326 g/mol. The van der Waals surface area contributed by atoms with Gasteiger partial charge >= 0.3 is 11.9 Å². The second-order valence-electron chi connectivity index (χ2n) is 5.13. The van der Waals surface area contributed by atoms with E-state index >= 15 is 0 Å². The summed E-state index contributed by atoms with van der Waals surface area (Å²) < 4.78 is 10.5. The summed E-state index contributed by atoms with van der Waals surface area (Å²) in [5.74, 6) is -0.190. The molecule has 2 unspecified atom stereocenters. The van der Waals surface area contributed by atoms with Crippen molar-refractivity contribution in [2.75, 3.05) is 0 Å². The van der Waals surface area contributed by atoms with Crippen LogP contribution < -0.4 is 9.47 Å². The molecule has 0 aliphatic heterocycles. The van der Waals surface area contributed by atoms with E-state index in [0.717, 1.165) is 17.5 Å². The van der Waals surface area contributed by atoms with E-state index < -0.39 is 11.9 Å². The Morgan fingerprint density at radius 2 is 1.33 bits per heavy atom. The molecule has 2 bridgehead atoms. The minimum Gasteiger partial charge on any atom is -0.425 e. The molecule has 0 spiro atoms. The van der Waals surface area contributed by atoms with E-state index in [1.165, 1.54) is 13.8 Å². The number of fused-ring (bicyclic) bond motifs is 5. The number of carbonyl (C=O) groups is 2. The first-order chi connectivity index (χ1) is 9.90. The van der Waals surface area contributed by atoms with Crippen molar-refractivity contribution in [2.45, 2.75) is 32.1 Å². The maximum Gasteiger partial charge on any atom is 0.308 e. The molecule has 2 aliphatic rings. The molecule has 0 fully saturated rings. The Hall–Kier alpha value is -1.52. The van der Waals surface area contributed by atoms with E-state index in [4.69, 9.17) is 32.7 Å². The predicted molar refractivity (Wildman–Crippen MR) is 78.3 cm³/mol. The van der Waals surface area contributed by atoms with E-state index in [0.29, 0.717) is 0 Å². The van der Waals surface area contributed by atoms with Crippen LogP contribution in [0, 0.1) is 0 Å². The first-order valence-corrected chi connectivity index (χ1v) is 7.25. The lowest BCUT2D eigenvalue weighted by atomic mass is 9.94. The van der Waals surface area contributed by atoms with Crippen molar-refractivity contribution in [3.63, 3.8) is 0 Å². The summed E-state index contributed by atoms with van der Waals surface area (Å²) in [5.41, 5.74) is 1.59. The normalized spacial score (nSPS) is 21.3. The summed E-state index contributed by atoms with van der Waals surface area (Å²) in [6.45, 7) is 2.61. The standard InChI is InChI=1S/C15H12Cl2O4/c1-6(18)20-14-10-8-3-4-9(5-8)11(10)15(21-7(2)19)13(17)12(14)16/h3-4,8-9H,5H2,1-2H3. The van der Waals surface area contributed by atoms with Crippen molar-refractivity contribution in [1.29, 1.82) is 0 Å². The largest absolute Gasteiger partial charge is 0.425 e. The van der Waals surface area contributed by atoms with Gasteiger partial charge < -0.3 is 9.47 Å². The van der Waals surface area contributed by atoms with Crippen molar-refractivity contribution >= 4 is 35.1 Å². The van der Waals surface area contributed by atoms with Gasteiger partial charge in [0.15, 0.2) is 11.5 Å². The average molecular weight is 327 g/mol. The van der Waals surface area contributed by atoms with Gasteiger partial charge in [-0.05, 0) is 6.42 Å². The van der Waals surface area contributed by atoms with Gasteiger partial charge in [-0.3, -0.25) is 9.59 Å². The summed E-state index contributed by atoms with van der Waals surface area (Å²) in [7, 11) is 0. The first-order valence-electron chi connectivity index (χ1n) is 6.50. The Morgan fingerprint density at radius 1 is 0.952 bits per heavy atom. The molecule has 4 nitrogen and oxygen atoms in total. The highest BCUT2D eigenvalue weighted by Crippen LogP contribution is 2.59. The minimum absolute atomic E-state index is 0.0998. The third kappa shape index (κ3) is 2.23. The highest BCUT2D eigenvalue weighted by molar-refractivity contribution is 6.44. The molecule has 2 atom stereocenters. The van der Waals surface area contributed by atoms with Crippen LogP contribution in [0.4, 0.5) is 0 Å². The van der Waals surface area contributed by atoms with Gasteiger partial charge in [-0.1, -0.05) is 35.4 Å². The molecule has 3 rings (SSSR count). The van der Waals surface area contributed by atoms with Gasteiger partial charge in [0.1, 0.15) is 10.0 Å². The molecule has 0 amide bonds. The van der Waals surface area contributed by atoms with Crippen LogP contribution in [0.1, 0.15) is 43.2 Å². The van der Waals surface area contributed by atoms with Crippen LogP contribution in [0.3, 0.4) is 0 Å². The van der Waals surface area contributed by atoms with Crippen LogP contribution in [-0.4, -0.2) is 11.9 Å². The first kappa shape index (κ1) is 14.4. The molecule has 110 valence electrons. The Morgan fingerprint density at radius 3 is 1.67 bits per heavy atom. The molecule has 1 aromatic rings. The van der Waals surface area contributed by atoms with Crippen LogP contribution in [0.5, 0.6) is 11.5 Å². The van der Waals surface area contributed by atoms with E-state index in [1.54, 1.807) is 0 Å². The lowest BCUT2D eigenvalue weighted by molar-refractivity contribution is -0.133. The van der Waals surface area contributed by atoms with E-state index in [1.807, 2.05) is 12.2 Å². The van der Waals surface area contributed by atoms with Gasteiger partial charge in [-0.2, -0.15) is 0 Å². The number of carbonyl (C=O) groups excluding carboxylic acids is 2. The topological polar surface area (TPSA) is 52.6 Å². The summed E-state index contributed by atoms with van der Waals surface area (Å²) in [6.07, 6.45) is 4.93. The summed E-state index contributed by atoms with van der Waals surface area (Å²) in [5, 5.41) is 0.200. The van der Waals surface area contributed by atoms with Crippen LogP contribution in [-0.2, 0) is 9.59 Å². The molecule has 1 aromatic carbocycles. The van der Waals surface area contributed by atoms with Crippen molar-refractivity contribution in [1.82, 2.24) is 0 Å². The number of hydrogen-bond donors (Lipinski definition) is 0. The number of allylic oxidation sites excluding steroid dienone is 2. The van der Waals surface area contributed by atoms with Crippen molar-refractivity contribution in [3.8, 4) is 11.5 Å². The Labute approximate surface area is 131 Å². The fourth-order valence-corrected chi connectivity index (χ4v) is 3.48. The molecule has 6 heteroatoms. The van der Waals surface area contributed by atoms with Crippen LogP contribution >= 0.6 is 23.2 Å². The Kier molecular flexibility index (Phi) is 3.46. The Balaban J connectivity index is 2.25. The summed E-state index contributed by atoms with van der Waals surface area (Å²) in [4.78, 5) is 22.6. The van der Waals surface area contributed by atoms with Gasteiger partial charge in [0.2, 0.25) is 0 Å². The SMILES string of the molecule is CC(=O)Oc1c(Cl)c(Cl)c(OC(C)=O)c2c1C1C=CC2C1. The number of hydrogen-bond acceptors (Lipinski definition) is 4. The molecule has 0 radical (unpaired) electrons. The van der Waals surface area contributed by atoms with Gasteiger partial charge in [0.05, 0.1) is 0 Å². The molecule has 0 N–H and O–H groups in total. The van der Waals surface area contributed by atoms with Gasteiger partial charge in [-0.15, -0.1) is 0 Å². The highest BCUT2D eigenvalue weighted by atomic mass is 35.5. The smallest absolute Gasteiger partial charge is 0.308 e. The molecule has 2 aliphatic carbocycles. The second-order valence-corrected chi connectivity index (χ2v) is 5.89. The molecule has 0 heterocycles. The molecule has 21 heavy (non-hydrogen) atoms. The van der Waals surface area contributed by atoms with Crippen LogP contribution in [0.25, 0.3) is 0 Å². The number of esters is 2. The lowest BCUT2D eigenvalue weighted by Gasteiger charge is -2.21. The lowest BCUT2D eigenvalue weighted by Crippen LogP contribution is -2.11. The second kappa shape index (κ2) is 5.04. The van der Waals surface area contributed by atoms with Gasteiger partial charge in [0, 0.05) is 36.8 Å². The third-order valence-corrected chi connectivity index (χ3v) is 4.51. The van der Waals surface area contributed by atoms with Crippen molar-refractivity contribution in [2.24, 2.45) is 0 Å². The Bertz CT molecular complexity index is 637. The molecule has 0 saturated carbocycles. The fourth-order valence-electron chi connectivity index (χ4n) is 3.03. The minimum atomic E-state index is -0.470.